The summed E-state index contributed by atoms with van der Waals surface area (Å²) in [5, 5.41) is 5.81. The van der Waals surface area contributed by atoms with Crippen molar-refractivity contribution >= 4 is 11.8 Å². The Balaban J connectivity index is 1.75. The molecule has 1 fully saturated rings. The molecule has 0 saturated heterocycles. The van der Waals surface area contributed by atoms with Crippen molar-refractivity contribution in [3.63, 3.8) is 0 Å². The van der Waals surface area contributed by atoms with Gasteiger partial charge in [0.1, 0.15) is 5.75 Å². The number of hydrogen-bond donors (Lipinski definition) is 2. The number of carbonyl (C=O) groups is 2. The van der Waals surface area contributed by atoms with Crippen LogP contribution in [0.15, 0.2) is 24.3 Å². The Hall–Kier alpha value is -2.08. The van der Waals surface area contributed by atoms with Crippen LogP contribution in [-0.2, 0) is 16.1 Å². The third-order valence-corrected chi connectivity index (χ3v) is 4.00. The smallest absolute Gasteiger partial charge is 0.237 e. The largest absolute Gasteiger partial charge is 0.497 e. The van der Waals surface area contributed by atoms with Gasteiger partial charge in [-0.2, -0.15) is 0 Å². The highest BCUT2D eigenvalue weighted by atomic mass is 16.5. The minimum absolute atomic E-state index is 0.0233. The lowest BCUT2D eigenvalue weighted by molar-refractivity contribution is -0.127. The Morgan fingerprint density at radius 3 is 2.52 bits per heavy atom. The Labute approximate surface area is 137 Å². The van der Waals surface area contributed by atoms with Crippen LogP contribution in [0.25, 0.3) is 0 Å². The van der Waals surface area contributed by atoms with Gasteiger partial charge in [0.05, 0.1) is 19.7 Å². The quantitative estimate of drug-likeness (QED) is 0.747. The second-order valence-corrected chi connectivity index (χ2v) is 6.00. The molecule has 1 aliphatic carbocycles. The monoisotopic (exact) mass is 319 g/mol. The number of ether oxygens (including phenoxy) is 1. The maximum Gasteiger partial charge on any atom is 0.237 e. The van der Waals surface area contributed by atoms with E-state index in [9.17, 15) is 9.59 Å². The standard InChI is InChI=1S/C17H25N3O3/c1-12(20(2)11-16(21)19-14-6-7-14)17(22)18-10-13-4-8-15(23-3)9-5-13/h4-5,8-9,12,14H,6-7,10-11H2,1-3H3,(H,18,22)(H,19,21)/t12-/m0/s1. The molecule has 1 aromatic rings. The summed E-state index contributed by atoms with van der Waals surface area (Å²) in [6, 6.07) is 7.53. The number of amides is 2. The predicted octanol–water partition coefficient (Wildman–Crippen LogP) is 0.910. The summed E-state index contributed by atoms with van der Waals surface area (Å²) in [5.41, 5.74) is 1.00. The lowest BCUT2D eigenvalue weighted by Crippen LogP contribution is -2.47. The van der Waals surface area contributed by atoms with E-state index >= 15 is 0 Å². The highest BCUT2D eigenvalue weighted by molar-refractivity contribution is 5.83. The Bertz CT molecular complexity index is 541. The molecule has 0 aromatic heterocycles. The molecule has 1 atom stereocenters. The lowest BCUT2D eigenvalue weighted by Gasteiger charge is -2.23. The van der Waals surface area contributed by atoms with Crippen molar-refractivity contribution in [3.8, 4) is 5.75 Å². The van der Waals surface area contributed by atoms with Crippen molar-refractivity contribution in [2.75, 3.05) is 20.7 Å². The predicted molar refractivity (Wildman–Crippen MR) is 88.1 cm³/mol. The molecule has 0 bridgehead atoms. The highest BCUT2D eigenvalue weighted by Gasteiger charge is 2.25. The van der Waals surface area contributed by atoms with Crippen molar-refractivity contribution in [2.24, 2.45) is 0 Å². The molecule has 2 N–H and O–H groups in total. The Morgan fingerprint density at radius 1 is 1.30 bits per heavy atom. The zero-order valence-corrected chi connectivity index (χ0v) is 14.0. The first kappa shape index (κ1) is 17.3. The van der Waals surface area contributed by atoms with Gasteiger partial charge in [0.15, 0.2) is 0 Å². The summed E-state index contributed by atoms with van der Waals surface area (Å²) >= 11 is 0. The molecule has 1 aromatic carbocycles. The van der Waals surface area contributed by atoms with Crippen LogP contribution in [0, 0.1) is 0 Å². The van der Waals surface area contributed by atoms with E-state index < -0.39 is 0 Å². The molecule has 1 aliphatic rings. The van der Waals surface area contributed by atoms with E-state index in [1.54, 1.807) is 26.0 Å². The number of nitrogens with one attached hydrogen (secondary N) is 2. The van der Waals surface area contributed by atoms with E-state index in [-0.39, 0.29) is 24.4 Å². The van der Waals surface area contributed by atoms with Crippen molar-refractivity contribution in [1.29, 1.82) is 0 Å². The molecule has 0 aliphatic heterocycles. The summed E-state index contributed by atoms with van der Waals surface area (Å²) in [5.74, 6) is 0.669. The number of carbonyl (C=O) groups excluding carboxylic acids is 2. The SMILES string of the molecule is COc1ccc(CNC(=O)[C@H](C)N(C)CC(=O)NC2CC2)cc1. The lowest BCUT2D eigenvalue weighted by atomic mass is 10.2. The van der Waals surface area contributed by atoms with Gasteiger partial charge in [0.25, 0.3) is 0 Å². The Morgan fingerprint density at radius 2 is 1.96 bits per heavy atom. The first-order valence-electron chi connectivity index (χ1n) is 7.90. The first-order valence-corrected chi connectivity index (χ1v) is 7.90. The van der Waals surface area contributed by atoms with Gasteiger partial charge in [-0.25, -0.2) is 0 Å². The summed E-state index contributed by atoms with van der Waals surface area (Å²) in [4.78, 5) is 25.7. The summed E-state index contributed by atoms with van der Waals surface area (Å²) < 4.78 is 5.10. The number of methoxy groups -OCH3 is 1. The van der Waals surface area contributed by atoms with Gasteiger partial charge in [0, 0.05) is 12.6 Å². The van der Waals surface area contributed by atoms with Crippen LogP contribution in [-0.4, -0.2) is 49.5 Å². The van der Waals surface area contributed by atoms with E-state index in [4.69, 9.17) is 4.74 Å². The molecular formula is C17H25N3O3. The van der Waals surface area contributed by atoms with Crippen LogP contribution in [0.1, 0.15) is 25.3 Å². The van der Waals surface area contributed by atoms with E-state index in [1.165, 1.54) is 0 Å². The molecule has 0 spiro atoms. The van der Waals surface area contributed by atoms with E-state index in [0.29, 0.717) is 12.6 Å². The topological polar surface area (TPSA) is 70.7 Å². The molecule has 126 valence electrons. The van der Waals surface area contributed by atoms with Crippen LogP contribution in [0.3, 0.4) is 0 Å². The second-order valence-electron chi connectivity index (χ2n) is 6.00. The molecule has 0 heterocycles. The molecule has 2 rings (SSSR count). The molecule has 23 heavy (non-hydrogen) atoms. The normalized spacial score (nSPS) is 15.1. The molecule has 0 unspecified atom stereocenters. The van der Waals surface area contributed by atoms with Gasteiger partial charge < -0.3 is 15.4 Å². The third kappa shape index (κ3) is 5.56. The highest BCUT2D eigenvalue weighted by Crippen LogP contribution is 2.18. The number of benzene rings is 1. The van der Waals surface area contributed by atoms with Gasteiger partial charge in [-0.15, -0.1) is 0 Å². The fourth-order valence-corrected chi connectivity index (χ4v) is 2.14. The number of likely N-dealkylation sites (N-methyl/N-ethyl adjacent to an activating group) is 1. The molecule has 1 saturated carbocycles. The van der Waals surface area contributed by atoms with Crippen LogP contribution in [0.4, 0.5) is 0 Å². The average Bonchev–Trinajstić information content (AvgIpc) is 3.35. The van der Waals surface area contributed by atoms with Crippen LogP contribution in [0.2, 0.25) is 0 Å². The fourth-order valence-electron chi connectivity index (χ4n) is 2.14. The molecule has 0 radical (unpaired) electrons. The van der Waals surface area contributed by atoms with Crippen molar-refractivity contribution in [3.05, 3.63) is 29.8 Å². The molecule has 6 heteroatoms. The molecule has 6 nitrogen and oxygen atoms in total. The summed E-state index contributed by atoms with van der Waals surface area (Å²) in [7, 11) is 3.40. The second kappa shape index (κ2) is 7.97. The van der Waals surface area contributed by atoms with Crippen LogP contribution >= 0.6 is 0 Å². The Kier molecular flexibility index (Phi) is 5.98. The minimum Gasteiger partial charge on any atom is -0.497 e. The van der Waals surface area contributed by atoms with Crippen molar-refractivity contribution in [2.45, 2.75) is 38.4 Å². The molecular weight excluding hydrogens is 294 g/mol. The summed E-state index contributed by atoms with van der Waals surface area (Å²) in [6.45, 7) is 2.48. The number of rotatable bonds is 8. The van der Waals surface area contributed by atoms with Gasteiger partial charge in [-0.05, 0) is 44.5 Å². The zero-order valence-electron chi connectivity index (χ0n) is 14.0. The van der Waals surface area contributed by atoms with Gasteiger partial charge in [-0.1, -0.05) is 12.1 Å². The maximum absolute atomic E-state index is 12.2. The van der Waals surface area contributed by atoms with Crippen LogP contribution < -0.4 is 15.4 Å². The minimum atomic E-state index is -0.363. The fraction of sp³-hybridized carbons (Fsp3) is 0.529. The van der Waals surface area contributed by atoms with Crippen LogP contribution in [0.5, 0.6) is 5.75 Å². The first-order chi connectivity index (χ1) is 11.0. The van der Waals surface area contributed by atoms with Crippen molar-refractivity contribution < 1.29 is 14.3 Å². The number of nitrogens with zero attached hydrogens (tertiary/aromatic N) is 1. The van der Waals surface area contributed by atoms with E-state index in [1.807, 2.05) is 24.3 Å². The average molecular weight is 319 g/mol. The van der Waals surface area contributed by atoms with Gasteiger partial charge >= 0.3 is 0 Å². The zero-order chi connectivity index (χ0) is 16.8. The third-order valence-electron chi connectivity index (χ3n) is 4.00. The van der Waals surface area contributed by atoms with Gasteiger partial charge in [0.2, 0.25) is 11.8 Å². The van der Waals surface area contributed by atoms with E-state index in [2.05, 4.69) is 10.6 Å². The van der Waals surface area contributed by atoms with Crippen molar-refractivity contribution in [1.82, 2.24) is 15.5 Å². The maximum atomic E-state index is 12.2. The van der Waals surface area contributed by atoms with Gasteiger partial charge in [-0.3, -0.25) is 14.5 Å². The summed E-state index contributed by atoms with van der Waals surface area (Å²) in [6.07, 6.45) is 2.13. The number of hydrogen-bond acceptors (Lipinski definition) is 4. The molecule has 2 amide bonds. The van der Waals surface area contributed by atoms with E-state index in [0.717, 1.165) is 24.2 Å².